The molecule has 0 aromatic heterocycles. The number of rotatable bonds is 6. The van der Waals surface area contributed by atoms with Crippen LogP contribution in [0.25, 0.3) is 0 Å². The summed E-state index contributed by atoms with van der Waals surface area (Å²) in [5, 5.41) is 30.6. The second kappa shape index (κ2) is 9.62. The van der Waals surface area contributed by atoms with Crippen LogP contribution in [0.4, 0.5) is 0 Å². The van der Waals surface area contributed by atoms with E-state index in [1.54, 1.807) is 0 Å². The smallest absolute Gasteiger partial charge is 0.272 e. The quantitative estimate of drug-likeness (QED) is 0.631. The van der Waals surface area contributed by atoms with Gasteiger partial charge in [0, 0.05) is 0 Å². The summed E-state index contributed by atoms with van der Waals surface area (Å²) >= 11 is 0. The molecular formula is C19H34O6. The summed E-state index contributed by atoms with van der Waals surface area (Å²) in [4.78, 5) is 0. The minimum Gasteiger partial charge on any atom is -0.390 e. The number of ether oxygens (including phenoxy) is 3. The lowest BCUT2D eigenvalue weighted by Crippen LogP contribution is -2.45. The van der Waals surface area contributed by atoms with Crippen molar-refractivity contribution in [3.63, 3.8) is 0 Å². The van der Waals surface area contributed by atoms with E-state index in [0.29, 0.717) is 0 Å². The molecular weight excluding hydrogens is 324 g/mol. The van der Waals surface area contributed by atoms with Crippen LogP contribution in [0, 0.1) is 0 Å². The second-order valence-electron chi connectivity index (χ2n) is 7.87. The predicted octanol–water partition coefficient (Wildman–Crippen LogP) is 2.23. The summed E-state index contributed by atoms with van der Waals surface area (Å²) in [6.07, 6.45) is 8.21. The van der Waals surface area contributed by atoms with E-state index in [1.165, 1.54) is 0 Å². The van der Waals surface area contributed by atoms with Gasteiger partial charge in [-0.05, 0) is 38.5 Å². The first-order valence-corrected chi connectivity index (χ1v) is 10.1. The molecule has 6 nitrogen and oxygen atoms in total. The molecule has 0 bridgehead atoms. The third-order valence-electron chi connectivity index (χ3n) is 5.86. The molecule has 0 saturated heterocycles. The van der Waals surface area contributed by atoms with Gasteiger partial charge in [0.2, 0.25) is 0 Å². The van der Waals surface area contributed by atoms with Crippen molar-refractivity contribution in [2.45, 2.75) is 120 Å². The van der Waals surface area contributed by atoms with Gasteiger partial charge in [-0.2, -0.15) is 0 Å². The van der Waals surface area contributed by atoms with Gasteiger partial charge < -0.3 is 29.5 Å². The molecule has 0 aromatic carbocycles. The molecule has 3 aliphatic rings. The Bertz CT molecular complexity index is 335. The molecule has 0 aliphatic heterocycles. The van der Waals surface area contributed by atoms with Gasteiger partial charge in [0.25, 0.3) is 6.48 Å². The average Bonchev–Trinajstić information content (AvgIpc) is 2.61. The molecule has 0 amide bonds. The van der Waals surface area contributed by atoms with Crippen molar-refractivity contribution in [1.29, 1.82) is 0 Å². The first-order valence-electron chi connectivity index (χ1n) is 10.1. The van der Waals surface area contributed by atoms with Crippen LogP contribution in [0.3, 0.4) is 0 Å². The Hall–Kier alpha value is -0.240. The monoisotopic (exact) mass is 358 g/mol. The molecule has 25 heavy (non-hydrogen) atoms. The maximum absolute atomic E-state index is 10.2. The molecule has 0 heterocycles. The molecule has 3 saturated carbocycles. The van der Waals surface area contributed by atoms with Crippen molar-refractivity contribution in [2.75, 3.05) is 0 Å². The number of hydrogen-bond acceptors (Lipinski definition) is 6. The maximum Gasteiger partial charge on any atom is 0.272 e. The first kappa shape index (κ1) is 19.5. The molecule has 3 aliphatic carbocycles. The minimum atomic E-state index is -0.937. The number of hydrogen-bond donors (Lipinski definition) is 3. The van der Waals surface area contributed by atoms with E-state index in [2.05, 4.69) is 0 Å². The normalized spacial score (nSPS) is 41.4. The van der Waals surface area contributed by atoms with Gasteiger partial charge in [-0.25, -0.2) is 0 Å². The lowest BCUT2D eigenvalue weighted by Gasteiger charge is -2.37. The van der Waals surface area contributed by atoms with E-state index < -0.39 is 24.8 Å². The average molecular weight is 358 g/mol. The fraction of sp³-hybridized carbons (Fsp3) is 1.00. The summed E-state index contributed by atoms with van der Waals surface area (Å²) in [5.41, 5.74) is 0. The summed E-state index contributed by atoms with van der Waals surface area (Å²) in [7, 11) is 0. The maximum atomic E-state index is 10.2. The molecule has 6 unspecified atom stereocenters. The highest BCUT2D eigenvalue weighted by atomic mass is 16.9. The molecule has 3 rings (SSSR count). The highest BCUT2D eigenvalue weighted by Gasteiger charge is 2.35. The van der Waals surface area contributed by atoms with Gasteiger partial charge in [0.15, 0.2) is 0 Å². The van der Waals surface area contributed by atoms with Crippen molar-refractivity contribution in [2.24, 2.45) is 0 Å². The lowest BCUT2D eigenvalue weighted by atomic mass is 9.94. The van der Waals surface area contributed by atoms with Crippen LogP contribution < -0.4 is 0 Å². The largest absolute Gasteiger partial charge is 0.390 e. The van der Waals surface area contributed by atoms with E-state index in [4.69, 9.17) is 14.2 Å². The zero-order valence-corrected chi connectivity index (χ0v) is 15.1. The van der Waals surface area contributed by atoms with Crippen molar-refractivity contribution in [3.05, 3.63) is 0 Å². The summed E-state index contributed by atoms with van der Waals surface area (Å²) in [6.45, 7) is -0.937. The highest BCUT2D eigenvalue weighted by Crippen LogP contribution is 2.29. The molecule has 6 atom stereocenters. The van der Waals surface area contributed by atoms with E-state index in [-0.39, 0.29) is 18.3 Å². The predicted molar refractivity (Wildman–Crippen MR) is 91.8 cm³/mol. The van der Waals surface area contributed by atoms with Crippen molar-refractivity contribution in [1.82, 2.24) is 0 Å². The second-order valence-corrected chi connectivity index (χ2v) is 7.87. The van der Waals surface area contributed by atoms with E-state index in [1.807, 2.05) is 0 Å². The summed E-state index contributed by atoms with van der Waals surface area (Å²) < 4.78 is 18.0. The standard InChI is InChI=1S/C19H34O6/c20-13-7-1-4-10-16(13)23-19(24-17-11-5-2-8-14(17)21)25-18-12-6-3-9-15(18)22/h13-22H,1-12H2. The van der Waals surface area contributed by atoms with Crippen molar-refractivity contribution in [3.8, 4) is 0 Å². The van der Waals surface area contributed by atoms with Crippen LogP contribution in [0.15, 0.2) is 0 Å². The molecule has 0 radical (unpaired) electrons. The third kappa shape index (κ3) is 5.62. The molecule has 3 fully saturated rings. The van der Waals surface area contributed by atoms with Gasteiger partial charge in [-0.1, -0.05) is 38.5 Å². The van der Waals surface area contributed by atoms with Crippen LogP contribution in [-0.4, -0.2) is 58.4 Å². The van der Waals surface area contributed by atoms with Gasteiger partial charge >= 0.3 is 0 Å². The van der Waals surface area contributed by atoms with Gasteiger partial charge in [0.1, 0.15) is 0 Å². The summed E-state index contributed by atoms with van der Waals surface area (Å²) in [5.74, 6) is 0. The fourth-order valence-electron chi connectivity index (χ4n) is 4.23. The van der Waals surface area contributed by atoms with E-state index in [0.717, 1.165) is 77.0 Å². The zero-order chi connectivity index (χ0) is 17.6. The van der Waals surface area contributed by atoms with Crippen LogP contribution in [-0.2, 0) is 14.2 Å². The molecule has 0 spiro atoms. The molecule has 3 N–H and O–H groups in total. The lowest BCUT2D eigenvalue weighted by molar-refractivity contribution is -0.358. The van der Waals surface area contributed by atoms with Crippen LogP contribution in [0.1, 0.15) is 77.0 Å². The molecule has 0 aromatic rings. The van der Waals surface area contributed by atoms with Crippen LogP contribution in [0.5, 0.6) is 0 Å². The third-order valence-corrected chi connectivity index (χ3v) is 5.86. The number of aliphatic hydroxyl groups is 3. The Morgan fingerprint density at radius 2 is 0.760 bits per heavy atom. The molecule has 146 valence electrons. The van der Waals surface area contributed by atoms with E-state index in [9.17, 15) is 15.3 Å². The summed E-state index contributed by atoms with van der Waals surface area (Å²) in [6, 6.07) is 0. The Morgan fingerprint density at radius 3 is 1.04 bits per heavy atom. The van der Waals surface area contributed by atoms with Gasteiger partial charge in [-0.15, -0.1) is 0 Å². The number of aliphatic hydroxyl groups excluding tert-OH is 3. The van der Waals surface area contributed by atoms with Gasteiger partial charge in [-0.3, -0.25) is 0 Å². The first-order chi connectivity index (χ1) is 12.1. The highest BCUT2D eigenvalue weighted by molar-refractivity contribution is 4.79. The van der Waals surface area contributed by atoms with Crippen LogP contribution >= 0.6 is 0 Å². The fourth-order valence-corrected chi connectivity index (χ4v) is 4.23. The molecule has 6 heteroatoms. The minimum absolute atomic E-state index is 0.305. The Morgan fingerprint density at radius 1 is 0.480 bits per heavy atom. The topological polar surface area (TPSA) is 88.4 Å². The Kier molecular flexibility index (Phi) is 7.51. The van der Waals surface area contributed by atoms with E-state index >= 15 is 0 Å². The Labute approximate surface area is 150 Å². The SMILES string of the molecule is OC1CCCCC1OC(OC1CCCCC1O)OC1CCCCC1O. The van der Waals surface area contributed by atoms with Crippen molar-refractivity contribution < 1.29 is 29.5 Å². The van der Waals surface area contributed by atoms with Gasteiger partial charge in [0.05, 0.1) is 36.6 Å². The van der Waals surface area contributed by atoms with Crippen LogP contribution in [0.2, 0.25) is 0 Å². The van der Waals surface area contributed by atoms with Crippen molar-refractivity contribution >= 4 is 0 Å². The zero-order valence-electron chi connectivity index (χ0n) is 15.1. The Balaban J connectivity index is 1.61.